The number of aromatic amines is 1. The molecule has 2 heterocycles. The van der Waals surface area contributed by atoms with Crippen LogP contribution in [0.3, 0.4) is 0 Å². The fourth-order valence-electron chi connectivity index (χ4n) is 1.89. The third kappa shape index (κ3) is 6.22. The molecule has 0 unspecified atom stereocenters. The minimum atomic E-state index is -0.531. The topological polar surface area (TPSA) is 84.5 Å². The Morgan fingerprint density at radius 1 is 1.17 bits per heavy atom. The van der Waals surface area contributed by atoms with Crippen LogP contribution in [0.5, 0.6) is 0 Å². The molecule has 0 spiro atoms. The van der Waals surface area contributed by atoms with Crippen molar-refractivity contribution in [2.75, 3.05) is 6.61 Å². The molecule has 1 aliphatic rings. The number of hydrogen-bond acceptors (Lipinski definition) is 5. The van der Waals surface area contributed by atoms with Crippen molar-refractivity contribution in [3.05, 3.63) is 17.2 Å². The van der Waals surface area contributed by atoms with E-state index in [1.165, 1.54) is 4.90 Å². The van der Waals surface area contributed by atoms with Gasteiger partial charge in [0.1, 0.15) is 5.60 Å². The molecule has 0 radical (unpaired) electrons. The highest BCUT2D eigenvalue weighted by molar-refractivity contribution is 5.85. The Morgan fingerprint density at radius 3 is 2.21 bits per heavy atom. The number of hydrogen-bond donors (Lipinski definition) is 1. The van der Waals surface area contributed by atoms with Gasteiger partial charge in [-0.25, -0.2) is 14.6 Å². The van der Waals surface area contributed by atoms with E-state index in [9.17, 15) is 9.59 Å². The fraction of sp³-hybridized carbons (Fsp3) is 0.706. The molecule has 1 N–H and O–H groups in total. The van der Waals surface area contributed by atoms with Gasteiger partial charge in [-0.2, -0.15) is 0 Å². The Hall–Kier alpha value is -2.05. The van der Waals surface area contributed by atoms with Crippen molar-refractivity contribution in [2.45, 2.75) is 74.1 Å². The van der Waals surface area contributed by atoms with E-state index in [0.29, 0.717) is 25.4 Å². The van der Waals surface area contributed by atoms with E-state index >= 15 is 0 Å². The Morgan fingerprint density at radius 2 is 1.75 bits per heavy atom. The summed E-state index contributed by atoms with van der Waals surface area (Å²) in [5, 5.41) is 0. The molecule has 2 rings (SSSR count). The van der Waals surface area contributed by atoms with Gasteiger partial charge in [-0.15, -0.1) is 0 Å². The van der Waals surface area contributed by atoms with Crippen LogP contribution >= 0.6 is 0 Å². The van der Waals surface area contributed by atoms with E-state index in [0.717, 1.165) is 5.69 Å². The Kier molecular flexibility index (Phi) is 9.10. The zero-order valence-corrected chi connectivity index (χ0v) is 16.1. The van der Waals surface area contributed by atoms with Gasteiger partial charge in [-0.3, -0.25) is 4.90 Å². The number of fused-ring (bicyclic) bond motifs is 1. The Labute approximate surface area is 144 Å². The summed E-state index contributed by atoms with van der Waals surface area (Å²) in [6.45, 7) is 16.2. The number of amides is 1. The lowest BCUT2D eigenvalue weighted by Crippen LogP contribution is -2.33. The van der Waals surface area contributed by atoms with Crippen LogP contribution in [-0.2, 0) is 22.6 Å². The van der Waals surface area contributed by atoms with Crippen LogP contribution < -0.4 is 0 Å². The van der Waals surface area contributed by atoms with Gasteiger partial charge >= 0.3 is 12.1 Å². The van der Waals surface area contributed by atoms with Crippen molar-refractivity contribution >= 4 is 12.1 Å². The van der Waals surface area contributed by atoms with E-state index < -0.39 is 11.6 Å². The summed E-state index contributed by atoms with van der Waals surface area (Å²) in [7, 11) is 0. The first-order valence-corrected chi connectivity index (χ1v) is 8.53. The average molecular weight is 341 g/mol. The highest BCUT2D eigenvalue weighted by atomic mass is 16.6. The smallest absolute Gasteiger partial charge is 0.410 e. The van der Waals surface area contributed by atoms with Crippen molar-refractivity contribution in [1.82, 2.24) is 14.9 Å². The Balaban J connectivity index is 0.00000123. The number of ether oxygens (including phenoxy) is 2. The minimum absolute atomic E-state index is 0.181. The van der Waals surface area contributed by atoms with Crippen LogP contribution in [-0.4, -0.2) is 39.1 Å². The molecule has 0 atom stereocenters. The number of carbonyl (C=O) groups excluding carboxylic acids is 2. The zero-order valence-electron chi connectivity index (χ0n) is 16.1. The second-order valence-electron chi connectivity index (χ2n) is 5.57. The summed E-state index contributed by atoms with van der Waals surface area (Å²) < 4.78 is 10.2. The van der Waals surface area contributed by atoms with E-state index in [1.807, 2.05) is 48.5 Å². The van der Waals surface area contributed by atoms with Crippen molar-refractivity contribution in [1.29, 1.82) is 0 Å². The summed E-state index contributed by atoms with van der Waals surface area (Å²) in [5.41, 5.74) is 0.898. The molecule has 24 heavy (non-hydrogen) atoms. The molecule has 7 heteroatoms. The molecule has 1 amide bonds. The molecule has 0 aliphatic carbocycles. The fourth-order valence-corrected chi connectivity index (χ4v) is 1.89. The number of H-pyrrole nitrogens is 1. The highest BCUT2D eigenvalue weighted by Crippen LogP contribution is 2.23. The maximum Gasteiger partial charge on any atom is 0.410 e. The average Bonchev–Trinajstić information content (AvgIpc) is 3.08. The summed E-state index contributed by atoms with van der Waals surface area (Å²) in [5.74, 6) is -0.300. The minimum Gasteiger partial charge on any atom is -0.460 e. The number of rotatable bonds is 2. The van der Waals surface area contributed by atoms with E-state index in [-0.39, 0.29) is 11.9 Å². The van der Waals surface area contributed by atoms with Crippen molar-refractivity contribution in [3.63, 3.8) is 0 Å². The molecule has 0 saturated carbocycles. The van der Waals surface area contributed by atoms with Crippen LogP contribution in [0.1, 0.15) is 77.4 Å². The number of esters is 1. The lowest BCUT2D eigenvalue weighted by atomic mass is 10.2. The van der Waals surface area contributed by atoms with Crippen LogP contribution in [0.15, 0.2) is 0 Å². The normalized spacial score (nSPS) is 12.2. The second-order valence-corrected chi connectivity index (χ2v) is 5.57. The molecular formula is C17H31N3O4. The third-order valence-corrected chi connectivity index (χ3v) is 2.67. The molecule has 0 saturated heterocycles. The largest absolute Gasteiger partial charge is 0.460 e. The van der Waals surface area contributed by atoms with Gasteiger partial charge in [-0.05, 0) is 27.7 Å². The van der Waals surface area contributed by atoms with Crippen molar-refractivity contribution in [3.8, 4) is 0 Å². The number of imidazole rings is 1. The van der Waals surface area contributed by atoms with E-state index in [1.54, 1.807) is 6.92 Å². The zero-order chi connectivity index (χ0) is 18.9. The summed E-state index contributed by atoms with van der Waals surface area (Å²) >= 11 is 0. The molecule has 1 aliphatic heterocycles. The predicted octanol–water partition coefficient (Wildman–Crippen LogP) is 3.89. The lowest BCUT2D eigenvalue weighted by Gasteiger charge is -2.24. The van der Waals surface area contributed by atoms with Crippen LogP contribution in [0.2, 0.25) is 0 Å². The highest BCUT2D eigenvalue weighted by Gasteiger charge is 2.31. The first-order chi connectivity index (χ1) is 11.3. The first kappa shape index (κ1) is 21.9. The predicted molar refractivity (Wildman–Crippen MR) is 92.7 cm³/mol. The first-order valence-electron chi connectivity index (χ1n) is 8.53. The number of nitrogens with zero attached hydrogens (tertiary/aromatic N) is 2. The lowest BCUT2D eigenvalue weighted by molar-refractivity contribution is 0.0238. The van der Waals surface area contributed by atoms with Gasteiger partial charge in [0, 0.05) is 0 Å². The molecule has 0 fully saturated rings. The summed E-state index contributed by atoms with van der Waals surface area (Å²) in [6, 6.07) is 0. The van der Waals surface area contributed by atoms with Crippen LogP contribution in [0.25, 0.3) is 0 Å². The third-order valence-electron chi connectivity index (χ3n) is 2.67. The van der Waals surface area contributed by atoms with E-state index in [2.05, 4.69) is 9.97 Å². The summed E-state index contributed by atoms with van der Waals surface area (Å²) in [6.07, 6.45) is -0.387. The molecule has 1 aromatic rings. The van der Waals surface area contributed by atoms with Gasteiger partial charge in [0.15, 0.2) is 0 Å². The number of carbonyl (C=O) groups is 2. The van der Waals surface area contributed by atoms with Gasteiger partial charge < -0.3 is 14.5 Å². The number of aromatic nitrogens is 2. The van der Waals surface area contributed by atoms with Crippen molar-refractivity contribution < 1.29 is 19.1 Å². The second kappa shape index (κ2) is 9.95. The molecular weight excluding hydrogens is 310 g/mol. The molecule has 138 valence electrons. The van der Waals surface area contributed by atoms with Crippen LogP contribution in [0, 0.1) is 0 Å². The Bertz CT molecular complexity index is 509. The van der Waals surface area contributed by atoms with Crippen LogP contribution in [0.4, 0.5) is 4.79 Å². The SMILES string of the molecule is CC.CC.CCOC(=O)c1nc2c([nH]1)CN(C(=O)OC(C)(C)C)C2. The molecule has 7 nitrogen and oxygen atoms in total. The summed E-state index contributed by atoms with van der Waals surface area (Å²) in [4.78, 5) is 32.0. The molecule has 0 bridgehead atoms. The standard InChI is InChI=1S/C13H19N3O4.2C2H6/c1-5-19-11(17)10-14-8-6-16(7-9(8)15-10)12(18)20-13(2,3)4;2*1-2/h5-7H2,1-4H3,(H,14,15);2*1-2H3. The maximum absolute atomic E-state index is 11.9. The van der Waals surface area contributed by atoms with Gasteiger partial charge in [0.2, 0.25) is 5.82 Å². The van der Waals surface area contributed by atoms with Crippen molar-refractivity contribution in [2.24, 2.45) is 0 Å². The quantitative estimate of drug-likeness (QED) is 0.825. The van der Waals surface area contributed by atoms with Gasteiger partial charge in [0.25, 0.3) is 0 Å². The molecule has 0 aromatic carbocycles. The van der Waals surface area contributed by atoms with Gasteiger partial charge in [0.05, 0.1) is 31.1 Å². The van der Waals surface area contributed by atoms with E-state index in [4.69, 9.17) is 9.47 Å². The van der Waals surface area contributed by atoms with Gasteiger partial charge in [-0.1, -0.05) is 27.7 Å². The number of nitrogens with one attached hydrogen (secondary N) is 1. The maximum atomic E-state index is 11.9. The molecule has 1 aromatic heterocycles. The monoisotopic (exact) mass is 341 g/mol.